The summed E-state index contributed by atoms with van der Waals surface area (Å²) in [5.41, 5.74) is 9.06. The zero-order chi connectivity index (χ0) is 26.7. The van der Waals surface area contributed by atoms with Gasteiger partial charge in [0.2, 0.25) is 0 Å². The normalized spacial score (nSPS) is 15.5. The van der Waals surface area contributed by atoms with E-state index in [2.05, 4.69) is 76.3 Å². The van der Waals surface area contributed by atoms with Crippen LogP contribution in [-0.2, 0) is 26.0 Å². The number of aryl methyl sites for hydroxylation is 2. The summed E-state index contributed by atoms with van der Waals surface area (Å²) in [6.07, 6.45) is 8.40. The van der Waals surface area contributed by atoms with Crippen LogP contribution in [0, 0.1) is 0 Å². The fourth-order valence-electron chi connectivity index (χ4n) is 6.09. The number of pyridine rings is 1. The third-order valence-electron chi connectivity index (χ3n) is 8.34. The molecule has 4 heterocycles. The predicted octanol–water partition coefficient (Wildman–Crippen LogP) is 6.71. The molecule has 5 heteroatoms. The van der Waals surface area contributed by atoms with Crippen molar-refractivity contribution in [3.63, 3.8) is 0 Å². The Kier molecular flexibility index (Phi) is 6.88. The van der Waals surface area contributed by atoms with Gasteiger partial charge in [-0.25, -0.2) is 9.97 Å². The maximum atomic E-state index is 6.03. The molecule has 0 bridgehead atoms. The number of para-hydroxylation sites is 1. The molecule has 1 fully saturated rings. The first-order chi connectivity index (χ1) is 19.8. The van der Waals surface area contributed by atoms with E-state index in [1.54, 1.807) is 5.57 Å². The Morgan fingerprint density at radius 3 is 2.50 bits per heavy atom. The number of hydrogen-bond donors (Lipinski definition) is 0. The third-order valence-corrected chi connectivity index (χ3v) is 8.34. The summed E-state index contributed by atoms with van der Waals surface area (Å²) in [5.74, 6) is 2.03. The van der Waals surface area contributed by atoms with Crippen LogP contribution in [0.5, 0.6) is 5.75 Å². The lowest BCUT2D eigenvalue weighted by Crippen LogP contribution is -2.33. The summed E-state index contributed by atoms with van der Waals surface area (Å²) in [4.78, 5) is 12.1. The average molecular weight is 527 g/mol. The second-order valence-electron chi connectivity index (χ2n) is 10.8. The summed E-state index contributed by atoms with van der Waals surface area (Å²) in [6, 6.07) is 29.8. The van der Waals surface area contributed by atoms with Crippen molar-refractivity contribution in [3.05, 3.63) is 131 Å². The monoisotopic (exact) mass is 526 g/mol. The summed E-state index contributed by atoms with van der Waals surface area (Å²) in [5, 5.41) is 1.15. The zero-order valence-electron chi connectivity index (χ0n) is 22.8. The van der Waals surface area contributed by atoms with Crippen molar-refractivity contribution in [1.29, 1.82) is 0 Å². The van der Waals surface area contributed by atoms with Crippen LogP contribution in [0.1, 0.15) is 41.1 Å². The van der Waals surface area contributed by atoms with Crippen LogP contribution in [0.3, 0.4) is 0 Å². The molecule has 2 aliphatic heterocycles. The Morgan fingerprint density at radius 1 is 0.775 bits per heavy atom. The first kappa shape index (κ1) is 24.8. The maximum absolute atomic E-state index is 6.03. The summed E-state index contributed by atoms with van der Waals surface area (Å²) < 4.78 is 8.36. The van der Waals surface area contributed by atoms with Gasteiger partial charge in [-0.1, -0.05) is 66.2 Å². The van der Waals surface area contributed by atoms with Crippen LogP contribution in [0.2, 0.25) is 0 Å². The lowest BCUT2D eigenvalue weighted by Gasteiger charge is -2.30. The first-order valence-corrected chi connectivity index (χ1v) is 14.4. The van der Waals surface area contributed by atoms with Crippen LogP contribution >= 0.6 is 0 Å². The van der Waals surface area contributed by atoms with E-state index in [4.69, 9.17) is 14.7 Å². The summed E-state index contributed by atoms with van der Waals surface area (Å²) in [7, 11) is 0. The Labute approximate surface area is 235 Å². The van der Waals surface area contributed by atoms with Crippen molar-refractivity contribution in [2.45, 2.75) is 38.8 Å². The van der Waals surface area contributed by atoms with Crippen LogP contribution in [0.25, 0.3) is 16.5 Å². The molecule has 0 amide bonds. The molecule has 1 saturated heterocycles. The standard InChI is InChI=1S/C35H34N4O/c1-3-7-32-27(5-1)18-23-39-24-19-36-35(39)34(32)29-16-21-38(22-17-29)20-15-26-9-13-31(14-10-26)40-25-30-12-11-28-6-2-4-8-33(28)37-30/h1-14,19,24H,15-18,20-23,25H2. The Hall–Kier alpha value is -4.22. The minimum Gasteiger partial charge on any atom is -0.487 e. The minimum absolute atomic E-state index is 0.473. The number of benzene rings is 3. The number of aromatic nitrogens is 3. The first-order valence-electron chi connectivity index (χ1n) is 14.4. The molecule has 7 rings (SSSR count). The van der Waals surface area contributed by atoms with Gasteiger partial charge in [-0.05, 0) is 66.6 Å². The van der Waals surface area contributed by atoms with E-state index in [1.807, 2.05) is 30.5 Å². The average Bonchev–Trinajstić information content (AvgIpc) is 3.41. The highest BCUT2D eigenvalue weighted by atomic mass is 16.5. The van der Waals surface area contributed by atoms with Crippen molar-refractivity contribution >= 4 is 16.5 Å². The molecule has 0 unspecified atom stereocenters. The molecule has 5 nitrogen and oxygen atoms in total. The second kappa shape index (κ2) is 11.1. The zero-order valence-corrected chi connectivity index (χ0v) is 22.8. The van der Waals surface area contributed by atoms with Gasteiger partial charge in [0.25, 0.3) is 0 Å². The van der Waals surface area contributed by atoms with Crippen molar-refractivity contribution in [1.82, 2.24) is 19.4 Å². The highest BCUT2D eigenvalue weighted by Gasteiger charge is 2.24. The second-order valence-corrected chi connectivity index (χ2v) is 10.8. The van der Waals surface area contributed by atoms with Gasteiger partial charge in [-0.3, -0.25) is 0 Å². The highest BCUT2D eigenvalue weighted by Crippen LogP contribution is 2.35. The Morgan fingerprint density at radius 2 is 1.60 bits per heavy atom. The lowest BCUT2D eigenvalue weighted by atomic mass is 9.90. The van der Waals surface area contributed by atoms with Crippen molar-refractivity contribution in [2.24, 2.45) is 0 Å². The highest BCUT2D eigenvalue weighted by molar-refractivity contribution is 5.81. The molecule has 0 atom stereocenters. The fourth-order valence-corrected chi connectivity index (χ4v) is 6.09. The van der Waals surface area contributed by atoms with Gasteiger partial charge in [-0.15, -0.1) is 0 Å². The minimum atomic E-state index is 0.473. The molecular formula is C35H34N4O. The van der Waals surface area contributed by atoms with Gasteiger partial charge in [0.05, 0.1) is 11.2 Å². The molecule has 200 valence electrons. The molecule has 2 aromatic heterocycles. The molecule has 0 saturated carbocycles. The largest absolute Gasteiger partial charge is 0.487 e. The van der Waals surface area contributed by atoms with Gasteiger partial charge in [0.1, 0.15) is 18.2 Å². The molecule has 2 aliphatic rings. The van der Waals surface area contributed by atoms with E-state index in [9.17, 15) is 0 Å². The quantitative estimate of drug-likeness (QED) is 0.247. The van der Waals surface area contributed by atoms with Crippen molar-refractivity contribution in [3.8, 4) is 5.75 Å². The smallest absolute Gasteiger partial charge is 0.140 e. The van der Waals surface area contributed by atoms with Gasteiger partial charge in [0, 0.05) is 49.5 Å². The third kappa shape index (κ3) is 5.17. The SMILES string of the molecule is c1ccc2c(c1)CCn1ccnc1C2=C1CCN(CCc2ccc(OCc3ccc4ccccc4n3)cc2)CC1. The van der Waals surface area contributed by atoms with E-state index >= 15 is 0 Å². The maximum Gasteiger partial charge on any atom is 0.140 e. The van der Waals surface area contributed by atoms with Gasteiger partial charge in [-0.2, -0.15) is 0 Å². The Bertz CT molecular complexity index is 1660. The molecule has 0 radical (unpaired) electrons. The predicted molar refractivity (Wildman–Crippen MR) is 160 cm³/mol. The molecule has 3 aromatic carbocycles. The van der Waals surface area contributed by atoms with Crippen molar-refractivity contribution in [2.75, 3.05) is 19.6 Å². The van der Waals surface area contributed by atoms with E-state index < -0.39 is 0 Å². The number of ether oxygens (including phenoxy) is 1. The molecule has 0 aliphatic carbocycles. The molecule has 0 spiro atoms. The van der Waals surface area contributed by atoms with Gasteiger partial charge < -0.3 is 14.2 Å². The van der Waals surface area contributed by atoms with Crippen LogP contribution in [-0.4, -0.2) is 39.1 Å². The molecule has 40 heavy (non-hydrogen) atoms. The lowest BCUT2D eigenvalue weighted by molar-refractivity contribution is 0.260. The van der Waals surface area contributed by atoms with Crippen LogP contribution in [0.4, 0.5) is 0 Å². The molecule has 5 aromatic rings. The number of hydrogen-bond acceptors (Lipinski definition) is 4. The number of fused-ring (bicyclic) bond motifs is 3. The number of imidazole rings is 1. The molecule has 0 N–H and O–H groups in total. The number of piperidine rings is 1. The van der Waals surface area contributed by atoms with Crippen LogP contribution in [0.15, 0.2) is 103 Å². The Balaban J connectivity index is 0.955. The van der Waals surface area contributed by atoms with E-state index in [1.165, 1.54) is 22.3 Å². The topological polar surface area (TPSA) is 43.2 Å². The number of rotatable bonds is 6. The van der Waals surface area contributed by atoms with Crippen molar-refractivity contribution < 1.29 is 4.74 Å². The number of likely N-dealkylation sites (tertiary alicyclic amines) is 1. The van der Waals surface area contributed by atoms with Gasteiger partial charge >= 0.3 is 0 Å². The summed E-state index contributed by atoms with van der Waals surface area (Å²) in [6.45, 7) is 4.75. The fraction of sp³-hybridized carbons (Fsp3) is 0.257. The van der Waals surface area contributed by atoms with E-state index in [-0.39, 0.29) is 0 Å². The van der Waals surface area contributed by atoms with E-state index in [0.717, 1.165) is 80.0 Å². The van der Waals surface area contributed by atoms with Crippen LogP contribution < -0.4 is 4.74 Å². The summed E-state index contributed by atoms with van der Waals surface area (Å²) >= 11 is 0. The molecular weight excluding hydrogens is 492 g/mol. The number of nitrogens with zero attached hydrogens (tertiary/aromatic N) is 4. The van der Waals surface area contributed by atoms with Gasteiger partial charge in [0.15, 0.2) is 0 Å². The van der Waals surface area contributed by atoms with E-state index in [0.29, 0.717) is 6.61 Å².